The van der Waals surface area contributed by atoms with Crippen molar-refractivity contribution < 1.29 is 26.3 Å². The normalized spacial score (nSPS) is 17.4. The number of rotatable bonds is 6. The molecule has 1 aliphatic heterocycles. The van der Waals surface area contributed by atoms with Gasteiger partial charge in [-0.3, -0.25) is 0 Å². The van der Waals surface area contributed by atoms with E-state index in [9.17, 15) is 22.0 Å². The maximum absolute atomic E-state index is 13.2. The Balaban J connectivity index is 1.67. The van der Waals surface area contributed by atoms with E-state index >= 15 is 0 Å². The highest BCUT2D eigenvalue weighted by Crippen LogP contribution is 2.45. The van der Waals surface area contributed by atoms with Gasteiger partial charge >= 0.3 is 0 Å². The van der Waals surface area contributed by atoms with Crippen molar-refractivity contribution in [2.45, 2.75) is 21.5 Å². The Labute approximate surface area is 175 Å². The highest BCUT2D eigenvalue weighted by molar-refractivity contribution is 7.96. The molecule has 7 nitrogen and oxygen atoms in total. The van der Waals surface area contributed by atoms with E-state index in [-0.39, 0.29) is 27.7 Å². The predicted octanol–water partition coefficient (Wildman–Crippen LogP) is 2.24. The van der Waals surface area contributed by atoms with Gasteiger partial charge in [0.15, 0.2) is 32.1 Å². The lowest BCUT2D eigenvalue weighted by Crippen LogP contribution is -2.23. The Morgan fingerprint density at radius 2 is 1.70 bits per heavy atom. The number of hydrogen-bond donors (Lipinski definition) is 0. The molecule has 0 amide bonds. The minimum Gasteiger partial charge on any atom is -0.619 e. The van der Waals surface area contributed by atoms with Crippen molar-refractivity contribution in [2.75, 3.05) is 12.4 Å². The lowest BCUT2D eigenvalue weighted by molar-refractivity contribution is -0.605. The standard InChI is InChI=1S/C21H19NO6S2/c23-22-12-9-16(10-13-22)11-14-28-18-7-4-8-19-21(18)20(15-29(19,24)25)30(26,27)17-5-2-1-3-6-17/h1-10,12-13,20H,11,14-15H2. The smallest absolute Gasteiger partial charge is 0.186 e. The number of sulfone groups is 2. The van der Waals surface area contributed by atoms with Crippen LogP contribution in [0.15, 0.2) is 82.8 Å². The van der Waals surface area contributed by atoms with Gasteiger partial charge in [0.25, 0.3) is 0 Å². The minimum atomic E-state index is -3.92. The third-order valence-corrected chi connectivity index (χ3v) is 9.11. The number of aromatic nitrogens is 1. The van der Waals surface area contributed by atoms with Crippen LogP contribution in [0.25, 0.3) is 0 Å². The number of benzene rings is 2. The molecule has 4 rings (SSSR count). The van der Waals surface area contributed by atoms with Gasteiger partial charge in [0, 0.05) is 24.1 Å². The van der Waals surface area contributed by atoms with Crippen LogP contribution in [0, 0.1) is 5.21 Å². The molecule has 156 valence electrons. The van der Waals surface area contributed by atoms with Crippen LogP contribution in [0.3, 0.4) is 0 Å². The maximum atomic E-state index is 13.2. The van der Waals surface area contributed by atoms with Crippen molar-refractivity contribution in [1.29, 1.82) is 0 Å². The summed E-state index contributed by atoms with van der Waals surface area (Å²) in [6.45, 7) is 0.206. The summed E-state index contributed by atoms with van der Waals surface area (Å²) in [6, 6.07) is 15.7. The molecule has 1 atom stereocenters. The van der Waals surface area contributed by atoms with Crippen molar-refractivity contribution in [3.63, 3.8) is 0 Å². The molecule has 30 heavy (non-hydrogen) atoms. The Morgan fingerprint density at radius 1 is 1.00 bits per heavy atom. The van der Waals surface area contributed by atoms with Crippen molar-refractivity contribution >= 4 is 19.7 Å². The first-order valence-electron chi connectivity index (χ1n) is 9.24. The van der Waals surface area contributed by atoms with Gasteiger partial charge in [-0.2, -0.15) is 4.73 Å². The van der Waals surface area contributed by atoms with E-state index < -0.39 is 30.7 Å². The second-order valence-corrected chi connectivity index (χ2v) is 11.1. The van der Waals surface area contributed by atoms with Crippen LogP contribution in [0.4, 0.5) is 0 Å². The van der Waals surface area contributed by atoms with Crippen molar-refractivity contribution in [3.05, 3.63) is 89.4 Å². The fraction of sp³-hybridized carbons (Fsp3) is 0.190. The van der Waals surface area contributed by atoms with Gasteiger partial charge in [-0.1, -0.05) is 24.3 Å². The molecule has 3 aromatic rings. The van der Waals surface area contributed by atoms with Gasteiger partial charge in [0.2, 0.25) is 0 Å². The molecule has 1 unspecified atom stereocenters. The Morgan fingerprint density at radius 3 is 2.40 bits per heavy atom. The molecular formula is C21H19NO6S2. The highest BCUT2D eigenvalue weighted by atomic mass is 32.2. The first-order valence-corrected chi connectivity index (χ1v) is 12.4. The monoisotopic (exact) mass is 445 g/mol. The summed E-state index contributed by atoms with van der Waals surface area (Å²) < 4.78 is 58.3. The third kappa shape index (κ3) is 3.78. The summed E-state index contributed by atoms with van der Waals surface area (Å²) in [7, 11) is -7.67. The third-order valence-electron chi connectivity index (χ3n) is 5.02. The van der Waals surface area contributed by atoms with Crippen LogP contribution < -0.4 is 9.47 Å². The quantitative estimate of drug-likeness (QED) is 0.426. The minimum absolute atomic E-state index is 0.00314. The summed E-state index contributed by atoms with van der Waals surface area (Å²) in [5.74, 6) is -0.268. The molecule has 0 saturated carbocycles. The summed E-state index contributed by atoms with van der Waals surface area (Å²) in [4.78, 5) is 0.0691. The Kier molecular flexibility index (Phi) is 5.25. The number of ether oxygens (including phenoxy) is 1. The van der Waals surface area contributed by atoms with Crippen LogP contribution in [0.5, 0.6) is 5.75 Å². The number of fused-ring (bicyclic) bond motifs is 1. The van der Waals surface area contributed by atoms with E-state index in [1.807, 2.05) is 0 Å². The maximum Gasteiger partial charge on any atom is 0.186 e. The SMILES string of the molecule is O=S1(=O)CC(S(=O)(=O)c2ccccc2)c2c(OCCc3cc[n+]([O-])cc3)cccc21. The van der Waals surface area contributed by atoms with Gasteiger partial charge in [-0.05, 0) is 29.8 Å². The van der Waals surface area contributed by atoms with E-state index in [1.54, 1.807) is 42.5 Å². The molecule has 0 fully saturated rings. The molecule has 1 aliphatic rings. The van der Waals surface area contributed by atoms with E-state index in [2.05, 4.69) is 0 Å². The molecular weight excluding hydrogens is 426 g/mol. The topological polar surface area (TPSA) is 104 Å². The van der Waals surface area contributed by atoms with Crippen LogP contribution in [-0.4, -0.2) is 29.2 Å². The van der Waals surface area contributed by atoms with Crippen LogP contribution in [-0.2, 0) is 26.1 Å². The first-order chi connectivity index (χ1) is 14.3. The zero-order valence-corrected chi connectivity index (χ0v) is 17.5. The fourth-order valence-corrected chi connectivity index (χ4v) is 7.87. The van der Waals surface area contributed by atoms with Gasteiger partial charge in [-0.25, -0.2) is 16.8 Å². The summed E-state index contributed by atoms with van der Waals surface area (Å²) in [5.41, 5.74) is 1.06. The van der Waals surface area contributed by atoms with Crippen LogP contribution >= 0.6 is 0 Å². The molecule has 2 heterocycles. The Bertz CT molecular complexity index is 1270. The number of hydrogen-bond acceptors (Lipinski definition) is 6. The molecule has 0 N–H and O–H groups in total. The van der Waals surface area contributed by atoms with E-state index in [4.69, 9.17) is 4.74 Å². The van der Waals surface area contributed by atoms with Gasteiger partial charge in [0.05, 0.1) is 22.2 Å². The molecule has 0 saturated heterocycles. The highest BCUT2D eigenvalue weighted by Gasteiger charge is 2.45. The van der Waals surface area contributed by atoms with Crippen molar-refractivity contribution in [3.8, 4) is 5.75 Å². The number of nitrogens with zero attached hydrogens (tertiary/aromatic N) is 1. The van der Waals surface area contributed by atoms with E-state index in [1.165, 1.54) is 30.6 Å². The molecule has 0 spiro atoms. The van der Waals surface area contributed by atoms with Gasteiger partial charge in [-0.15, -0.1) is 0 Å². The second kappa shape index (κ2) is 7.73. The van der Waals surface area contributed by atoms with E-state index in [0.29, 0.717) is 11.2 Å². The largest absolute Gasteiger partial charge is 0.619 e. The van der Waals surface area contributed by atoms with Crippen molar-refractivity contribution in [1.82, 2.24) is 0 Å². The van der Waals surface area contributed by atoms with Crippen molar-refractivity contribution in [2.24, 2.45) is 0 Å². The van der Waals surface area contributed by atoms with Gasteiger partial charge < -0.3 is 9.94 Å². The number of pyridine rings is 1. The zero-order valence-electron chi connectivity index (χ0n) is 15.8. The summed E-state index contributed by atoms with van der Waals surface area (Å²) in [6.07, 6.45) is 3.24. The molecule has 0 bridgehead atoms. The lowest BCUT2D eigenvalue weighted by Gasteiger charge is -2.16. The first kappa shape index (κ1) is 20.4. The molecule has 0 radical (unpaired) electrons. The van der Waals surface area contributed by atoms with E-state index in [0.717, 1.165) is 5.56 Å². The summed E-state index contributed by atoms with van der Waals surface area (Å²) >= 11 is 0. The lowest BCUT2D eigenvalue weighted by atomic mass is 10.1. The predicted molar refractivity (Wildman–Crippen MR) is 109 cm³/mol. The molecule has 2 aromatic carbocycles. The molecule has 9 heteroatoms. The van der Waals surface area contributed by atoms with Crippen LogP contribution in [0.2, 0.25) is 0 Å². The molecule has 1 aromatic heterocycles. The fourth-order valence-electron chi connectivity index (χ4n) is 3.52. The molecule has 0 aliphatic carbocycles. The average molecular weight is 446 g/mol. The summed E-state index contributed by atoms with van der Waals surface area (Å²) in [5, 5.41) is 9.90. The Hall–Kier alpha value is -2.91. The zero-order chi connectivity index (χ0) is 21.4. The second-order valence-electron chi connectivity index (χ2n) is 6.96. The van der Waals surface area contributed by atoms with Crippen LogP contribution in [0.1, 0.15) is 16.4 Å². The average Bonchev–Trinajstić information content (AvgIpc) is 3.03. The van der Waals surface area contributed by atoms with Gasteiger partial charge in [0.1, 0.15) is 11.0 Å².